The van der Waals surface area contributed by atoms with E-state index in [1.807, 2.05) is 18.2 Å². The maximum absolute atomic E-state index is 4.14. The Kier molecular flexibility index (Phi) is 8.49. The van der Waals surface area contributed by atoms with Crippen molar-refractivity contribution < 1.29 is 0 Å². The number of hydrogen-bond donors (Lipinski definition) is 2. The summed E-state index contributed by atoms with van der Waals surface area (Å²) in [5, 5.41) is 6.45. The van der Waals surface area contributed by atoms with Gasteiger partial charge < -0.3 is 10.6 Å². The number of nitrogens with one attached hydrogen (secondary N) is 2. The predicted molar refractivity (Wildman–Crippen MR) is 85.0 cm³/mol. The lowest BCUT2D eigenvalue weighted by Gasteiger charge is -2.17. The van der Waals surface area contributed by atoms with E-state index in [0.717, 1.165) is 5.96 Å². The Hall–Kier alpha value is -1.04. The number of rotatable bonds is 4. The average Bonchev–Trinajstić information content (AvgIpc) is 2.35. The Morgan fingerprint density at radius 3 is 2.59 bits per heavy atom. The number of benzene rings is 1. The molecule has 3 nitrogen and oxygen atoms in total. The van der Waals surface area contributed by atoms with Crippen molar-refractivity contribution in [2.24, 2.45) is 4.99 Å². The van der Waals surface area contributed by atoms with Crippen LogP contribution in [0.4, 0.5) is 0 Å². The molecule has 0 aliphatic heterocycles. The number of guanidine groups is 1. The highest BCUT2D eigenvalue weighted by Crippen LogP contribution is 2.10. The lowest BCUT2D eigenvalue weighted by atomic mass is 10.1. The van der Waals surface area contributed by atoms with Crippen LogP contribution in [0.2, 0.25) is 0 Å². The van der Waals surface area contributed by atoms with Gasteiger partial charge in [0.2, 0.25) is 0 Å². The standard InChI is InChI=1S/C13H19N3.HI/c1-4-10-15-13(14-3)16-11(2)12-8-6-5-7-9-12;/h4-9,11H,1,10H2,2-3H3,(H2,14,15,16);1H. The van der Waals surface area contributed by atoms with E-state index in [2.05, 4.69) is 41.3 Å². The Morgan fingerprint density at radius 1 is 1.41 bits per heavy atom. The zero-order chi connectivity index (χ0) is 11.8. The second-order valence-corrected chi connectivity index (χ2v) is 3.52. The minimum Gasteiger partial charge on any atom is -0.353 e. The van der Waals surface area contributed by atoms with Gasteiger partial charge in [-0.05, 0) is 12.5 Å². The Morgan fingerprint density at radius 2 is 2.06 bits per heavy atom. The SMILES string of the molecule is C=CCNC(=NC)NC(C)c1ccccc1.I. The largest absolute Gasteiger partial charge is 0.353 e. The smallest absolute Gasteiger partial charge is 0.191 e. The molecule has 0 fully saturated rings. The third-order valence-electron chi connectivity index (χ3n) is 2.29. The molecule has 0 aliphatic carbocycles. The minimum absolute atomic E-state index is 0. The third kappa shape index (κ3) is 5.72. The first-order chi connectivity index (χ1) is 7.77. The lowest BCUT2D eigenvalue weighted by Crippen LogP contribution is -2.38. The molecule has 1 aromatic rings. The van der Waals surface area contributed by atoms with E-state index < -0.39 is 0 Å². The summed E-state index contributed by atoms with van der Waals surface area (Å²) in [6.45, 7) is 6.48. The van der Waals surface area contributed by atoms with Gasteiger partial charge in [0, 0.05) is 13.6 Å². The van der Waals surface area contributed by atoms with Gasteiger partial charge in [-0.25, -0.2) is 0 Å². The van der Waals surface area contributed by atoms with Crippen LogP contribution in [0, 0.1) is 0 Å². The van der Waals surface area contributed by atoms with Crippen LogP contribution in [-0.4, -0.2) is 19.6 Å². The van der Waals surface area contributed by atoms with E-state index in [9.17, 15) is 0 Å². The normalized spacial score (nSPS) is 12.2. The molecule has 0 amide bonds. The van der Waals surface area contributed by atoms with Crippen LogP contribution in [0.15, 0.2) is 48.0 Å². The van der Waals surface area contributed by atoms with Crippen LogP contribution < -0.4 is 10.6 Å². The predicted octanol–water partition coefficient (Wildman–Crippen LogP) is 2.72. The van der Waals surface area contributed by atoms with Crippen molar-refractivity contribution in [3.8, 4) is 0 Å². The summed E-state index contributed by atoms with van der Waals surface area (Å²) in [6.07, 6.45) is 1.81. The van der Waals surface area contributed by atoms with Crippen LogP contribution in [-0.2, 0) is 0 Å². The fraction of sp³-hybridized carbons (Fsp3) is 0.308. The van der Waals surface area contributed by atoms with Gasteiger partial charge in [0.1, 0.15) is 0 Å². The highest BCUT2D eigenvalue weighted by Gasteiger charge is 2.05. The van der Waals surface area contributed by atoms with Crippen molar-refractivity contribution in [3.63, 3.8) is 0 Å². The quantitative estimate of drug-likeness (QED) is 0.381. The fourth-order valence-electron chi connectivity index (χ4n) is 1.39. The zero-order valence-corrected chi connectivity index (χ0v) is 12.6. The van der Waals surface area contributed by atoms with Crippen LogP contribution in [0.1, 0.15) is 18.5 Å². The highest BCUT2D eigenvalue weighted by molar-refractivity contribution is 14.0. The van der Waals surface area contributed by atoms with E-state index in [0.29, 0.717) is 6.54 Å². The molecular weight excluding hydrogens is 325 g/mol. The zero-order valence-electron chi connectivity index (χ0n) is 10.3. The molecular formula is C13H20IN3. The number of halogens is 1. The number of aliphatic imine (C=N–C) groups is 1. The van der Waals surface area contributed by atoms with Gasteiger partial charge in [-0.3, -0.25) is 4.99 Å². The van der Waals surface area contributed by atoms with Gasteiger partial charge in [0.25, 0.3) is 0 Å². The molecule has 4 heteroatoms. The van der Waals surface area contributed by atoms with Gasteiger partial charge >= 0.3 is 0 Å². The summed E-state index contributed by atoms with van der Waals surface area (Å²) in [5.74, 6) is 0.788. The van der Waals surface area contributed by atoms with Crippen LogP contribution in [0.3, 0.4) is 0 Å². The second-order valence-electron chi connectivity index (χ2n) is 3.52. The molecule has 0 bridgehead atoms. The first kappa shape index (κ1) is 16.0. The van der Waals surface area contributed by atoms with E-state index in [-0.39, 0.29) is 30.0 Å². The van der Waals surface area contributed by atoms with Crippen molar-refractivity contribution in [3.05, 3.63) is 48.6 Å². The first-order valence-corrected chi connectivity index (χ1v) is 5.41. The van der Waals surface area contributed by atoms with Crippen molar-refractivity contribution in [2.75, 3.05) is 13.6 Å². The maximum atomic E-state index is 4.14. The molecule has 0 aliphatic rings. The van der Waals surface area contributed by atoms with Crippen LogP contribution >= 0.6 is 24.0 Å². The average molecular weight is 345 g/mol. The summed E-state index contributed by atoms with van der Waals surface area (Å²) in [5.41, 5.74) is 1.24. The molecule has 0 radical (unpaired) electrons. The molecule has 0 heterocycles. The Balaban J connectivity index is 0.00000256. The maximum Gasteiger partial charge on any atom is 0.191 e. The third-order valence-corrected chi connectivity index (χ3v) is 2.29. The summed E-state index contributed by atoms with van der Waals surface area (Å²) < 4.78 is 0. The van der Waals surface area contributed by atoms with Crippen LogP contribution in [0.25, 0.3) is 0 Å². The monoisotopic (exact) mass is 345 g/mol. The molecule has 0 saturated carbocycles. The van der Waals surface area contributed by atoms with Crippen molar-refractivity contribution >= 4 is 29.9 Å². The van der Waals surface area contributed by atoms with E-state index in [4.69, 9.17) is 0 Å². The minimum atomic E-state index is 0. The second kappa shape index (κ2) is 9.04. The number of nitrogens with zero attached hydrogens (tertiary/aromatic N) is 1. The molecule has 1 aromatic carbocycles. The van der Waals surface area contributed by atoms with Gasteiger partial charge in [0.15, 0.2) is 5.96 Å². The highest BCUT2D eigenvalue weighted by atomic mass is 127. The lowest BCUT2D eigenvalue weighted by molar-refractivity contribution is 0.694. The number of hydrogen-bond acceptors (Lipinski definition) is 1. The molecule has 1 atom stereocenters. The summed E-state index contributed by atoms with van der Waals surface area (Å²) >= 11 is 0. The molecule has 17 heavy (non-hydrogen) atoms. The van der Waals surface area contributed by atoms with Crippen molar-refractivity contribution in [1.82, 2.24) is 10.6 Å². The van der Waals surface area contributed by atoms with Crippen molar-refractivity contribution in [1.29, 1.82) is 0 Å². The van der Waals surface area contributed by atoms with Gasteiger partial charge in [-0.15, -0.1) is 30.6 Å². The van der Waals surface area contributed by atoms with E-state index in [1.165, 1.54) is 5.56 Å². The van der Waals surface area contributed by atoms with E-state index in [1.54, 1.807) is 13.1 Å². The van der Waals surface area contributed by atoms with Crippen LogP contribution in [0.5, 0.6) is 0 Å². The van der Waals surface area contributed by atoms with Gasteiger partial charge in [-0.2, -0.15) is 0 Å². The van der Waals surface area contributed by atoms with Gasteiger partial charge in [-0.1, -0.05) is 36.4 Å². The fourth-order valence-corrected chi connectivity index (χ4v) is 1.39. The molecule has 1 rings (SSSR count). The molecule has 2 N–H and O–H groups in total. The summed E-state index contributed by atoms with van der Waals surface area (Å²) in [4.78, 5) is 4.14. The topological polar surface area (TPSA) is 36.4 Å². The first-order valence-electron chi connectivity index (χ1n) is 5.41. The molecule has 0 spiro atoms. The molecule has 94 valence electrons. The Labute approximate surface area is 120 Å². The Bertz CT molecular complexity index is 349. The summed E-state index contributed by atoms with van der Waals surface area (Å²) in [6, 6.07) is 10.5. The van der Waals surface area contributed by atoms with E-state index >= 15 is 0 Å². The molecule has 0 aromatic heterocycles. The van der Waals surface area contributed by atoms with Crippen molar-refractivity contribution in [2.45, 2.75) is 13.0 Å². The summed E-state index contributed by atoms with van der Waals surface area (Å²) in [7, 11) is 1.76. The van der Waals surface area contributed by atoms with Gasteiger partial charge in [0.05, 0.1) is 6.04 Å². The molecule has 0 saturated heterocycles. The molecule has 1 unspecified atom stereocenters.